The van der Waals surface area contributed by atoms with Gasteiger partial charge in [0.25, 0.3) is 5.91 Å². The van der Waals surface area contributed by atoms with E-state index in [0.717, 1.165) is 11.8 Å². The van der Waals surface area contributed by atoms with Crippen LogP contribution in [-0.4, -0.2) is 36.5 Å². The van der Waals surface area contributed by atoms with Crippen molar-refractivity contribution in [3.8, 4) is 11.5 Å². The van der Waals surface area contributed by atoms with Gasteiger partial charge >= 0.3 is 5.97 Å². The number of halogens is 1. The molecule has 0 aromatic heterocycles. The zero-order valence-corrected chi connectivity index (χ0v) is 17.8. The van der Waals surface area contributed by atoms with Crippen molar-refractivity contribution >= 4 is 51.9 Å². The summed E-state index contributed by atoms with van der Waals surface area (Å²) in [6.45, 7) is 1.68. The van der Waals surface area contributed by atoms with Gasteiger partial charge in [-0.1, -0.05) is 42.2 Å². The second-order valence-corrected chi connectivity index (χ2v) is 7.65. The molecule has 3 rings (SSSR count). The first-order chi connectivity index (χ1) is 14.4. The number of thioether (sulfide) groups is 1. The van der Waals surface area contributed by atoms with Crippen molar-refractivity contribution in [2.75, 3.05) is 25.2 Å². The lowest BCUT2D eigenvalue weighted by Gasteiger charge is -2.14. The number of rotatable bonds is 7. The normalized spacial score (nSPS) is 14.9. The van der Waals surface area contributed by atoms with E-state index in [1.807, 2.05) is 0 Å². The molecule has 0 N–H and O–H groups in total. The first kappa shape index (κ1) is 21.8. The minimum atomic E-state index is -0.533. The fraction of sp³-hybridized carbons (Fsp3) is 0.190. The van der Waals surface area contributed by atoms with Gasteiger partial charge in [-0.3, -0.25) is 9.69 Å². The van der Waals surface area contributed by atoms with Crippen molar-refractivity contribution in [1.29, 1.82) is 0 Å². The van der Waals surface area contributed by atoms with E-state index in [0.29, 0.717) is 22.0 Å². The molecule has 0 saturated carbocycles. The number of methoxy groups -OCH3 is 1. The molecule has 1 heterocycles. The van der Waals surface area contributed by atoms with Crippen LogP contribution in [0, 0.1) is 5.82 Å². The van der Waals surface area contributed by atoms with Gasteiger partial charge in [-0.25, -0.2) is 9.18 Å². The summed E-state index contributed by atoms with van der Waals surface area (Å²) in [5.41, 5.74) is 0.736. The molecule has 156 valence electrons. The van der Waals surface area contributed by atoms with Gasteiger partial charge < -0.3 is 14.2 Å². The van der Waals surface area contributed by atoms with Crippen molar-refractivity contribution in [3.05, 3.63) is 58.8 Å². The highest BCUT2D eigenvalue weighted by molar-refractivity contribution is 8.27. The van der Waals surface area contributed by atoms with Crippen molar-refractivity contribution < 1.29 is 28.2 Å². The second-order valence-electron chi connectivity index (χ2n) is 5.97. The lowest BCUT2D eigenvalue weighted by Crippen LogP contribution is -2.28. The third-order valence-corrected chi connectivity index (χ3v) is 5.33. The van der Waals surface area contributed by atoms with Gasteiger partial charge in [0.15, 0.2) is 22.4 Å². The van der Waals surface area contributed by atoms with E-state index in [1.165, 1.54) is 24.1 Å². The Morgan fingerprint density at radius 3 is 2.70 bits per heavy atom. The third kappa shape index (κ3) is 4.80. The number of esters is 1. The topological polar surface area (TPSA) is 65.1 Å². The third-order valence-electron chi connectivity index (χ3n) is 4.02. The predicted octanol–water partition coefficient (Wildman–Crippen LogP) is 4.18. The number of para-hydroxylation sites is 1. The molecule has 0 bridgehead atoms. The summed E-state index contributed by atoms with van der Waals surface area (Å²) in [5, 5.41) is 0. The van der Waals surface area contributed by atoms with Crippen LogP contribution in [0.5, 0.6) is 11.5 Å². The zero-order valence-electron chi connectivity index (χ0n) is 16.2. The number of amides is 1. The number of anilines is 1. The van der Waals surface area contributed by atoms with Gasteiger partial charge in [0.05, 0.1) is 24.3 Å². The van der Waals surface area contributed by atoms with Gasteiger partial charge in [-0.15, -0.1) is 0 Å². The molecule has 0 spiro atoms. The first-order valence-corrected chi connectivity index (χ1v) is 10.2. The van der Waals surface area contributed by atoms with E-state index in [1.54, 1.807) is 43.3 Å². The number of carbonyl (C=O) groups excluding carboxylic acids is 2. The number of hydrogen-bond donors (Lipinski definition) is 0. The molecule has 1 amide bonds. The van der Waals surface area contributed by atoms with E-state index in [2.05, 4.69) is 0 Å². The number of ether oxygens (including phenoxy) is 3. The molecule has 1 fully saturated rings. The summed E-state index contributed by atoms with van der Waals surface area (Å²) in [7, 11) is 1.48. The van der Waals surface area contributed by atoms with Crippen LogP contribution in [0.4, 0.5) is 10.1 Å². The van der Waals surface area contributed by atoms with Gasteiger partial charge in [-0.05, 0) is 42.8 Å². The Morgan fingerprint density at radius 1 is 1.23 bits per heavy atom. The molecule has 0 atom stereocenters. The van der Waals surface area contributed by atoms with E-state index < -0.39 is 17.7 Å². The quantitative estimate of drug-likeness (QED) is 0.358. The molecule has 1 aliphatic heterocycles. The summed E-state index contributed by atoms with van der Waals surface area (Å²) in [4.78, 5) is 25.9. The summed E-state index contributed by atoms with van der Waals surface area (Å²) in [6, 6.07) is 11.0. The largest absolute Gasteiger partial charge is 0.493 e. The average Bonchev–Trinajstić information content (AvgIpc) is 3.00. The summed E-state index contributed by atoms with van der Waals surface area (Å²) in [6.07, 6.45) is 1.62. The van der Waals surface area contributed by atoms with E-state index in [4.69, 9.17) is 26.4 Å². The van der Waals surface area contributed by atoms with Crippen LogP contribution in [0.3, 0.4) is 0 Å². The maximum Gasteiger partial charge on any atom is 0.344 e. The summed E-state index contributed by atoms with van der Waals surface area (Å²) in [5.74, 6) is -0.705. The van der Waals surface area contributed by atoms with Crippen molar-refractivity contribution in [3.63, 3.8) is 0 Å². The number of thiocarbonyl (C=S) groups is 1. The van der Waals surface area contributed by atoms with Crippen LogP contribution in [0.15, 0.2) is 47.4 Å². The molecule has 1 aliphatic rings. The number of hydrogen-bond acceptors (Lipinski definition) is 7. The second kappa shape index (κ2) is 9.73. The van der Waals surface area contributed by atoms with Gasteiger partial charge in [0, 0.05) is 0 Å². The molecule has 6 nitrogen and oxygen atoms in total. The molecule has 2 aromatic rings. The van der Waals surface area contributed by atoms with Crippen LogP contribution in [-0.2, 0) is 14.3 Å². The smallest absolute Gasteiger partial charge is 0.344 e. The number of benzene rings is 2. The fourth-order valence-electron chi connectivity index (χ4n) is 2.70. The number of carbonyl (C=O) groups is 2. The summed E-state index contributed by atoms with van der Waals surface area (Å²) < 4.78 is 30.0. The molecular weight excluding hydrogens is 429 g/mol. The van der Waals surface area contributed by atoms with Crippen molar-refractivity contribution in [2.45, 2.75) is 6.92 Å². The Hall–Kier alpha value is -2.91. The van der Waals surface area contributed by atoms with Gasteiger partial charge in [-0.2, -0.15) is 0 Å². The standard InChI is InChI=1S/C21H18FNO5S2/c1-3-27-19(24)12-28-17-10-13(8-9-16(17)26-2)11-18-20(25)23(21(29)30-18)15-7-5-4-6-14(15)22/h4-11H,3,12H2,1-2H3/b18-11+. The van der Waals surface area contributed by atoms with E-state index in [-0.39, 0.29) is 23.2 Å². The van der Waals surface area contributed by atoms with Crippen molar-refractivity contribution in [2.24, 2.45) is 0 Å². The highest BCUT2D eigenvalue weighted by atomic mass is 32.2. The van der Waals surface area contributed by atoms with Crippen LogP contribution in [0.2, 0.25) is 0 Å². The minimum Gasteiger partial charge on any atom is -0.493 e. The lowest BCUT2D eigenvalue weighted by molar-refractivity contribution is -0.145. The molecule has 2 aromatic carbocycles. The van der Waals surface area contributed by atoms with E-state index >= 15 is 0 Å². The van der Waals surface area contributed by atoms with Crippen LogP contribution >= 0.6 is 24.0 Å². The zero-order chi connectivity index (χ0) is 21.7. The Kier molecular flexibility index (Phi) is 7.07. The molecule has 0 radical (unpaired) electrons. The van der Waals surface area contributed by atoms with Gasteiger partial charge in [0.1, 0.15) is 5.82 Å². The average molecular weight is 448 g/mol. The Balaban J connectivity index is 1.85. The molecule has 30 heavy (non-hydrogen) atoms. The van der Waals surface area contributed by atoms with Crippen LogP contribution < -0.4 is 14.4 Å². The molecular formula is C21H18FNO5S2. The fourth-order valence-corrected chi connectivity index (χ4v) is 3.98. The predicted molar refractivity (Wildman–Crippen MR) is 117 cm³/mol. The number of nitrogens with zero attached hydrogens (tertiary/aromatic N) is 1. The summed E-state index contributed by atoms with van der Waals surface area (Å²) >= 11 is 6.35. The minimum absolute atomic E-state index is 0.108. The maximum absolute atomic E-state index is 14.1. The Morgan fingerprint density at radius 2 is 2.00 bits per heavy atom. The monoisotopic (exact) mass is 447 g/mol. The molecule has 0 aliphatic carbocycles. The SMILES string of the molecule is CCOC(=O)COc1cc(/C=C2/SC(=S)N(c3ccccc3F)C2=O)ccc1OC. The van der Waals surface area contributed by atoms with Crippen LogP contribution in [0.1, 0.15) is 12.5 Å². The van der Waals surface area contributed by atoms with Crippen LogP contribution in [0.25, 0.3) is 6.08 Å². The molecule has 1 saturated heterocycles. The van der Waals surface area contributed by atoms with Gasteiger partial charge in [0.2, 0.25) is 0 Å². The van der Waals surface area contributed by atoms with E-state index in [9.17, 15) is 14.0 Å². The highest BCUT2D eigenvalue weighted by Crippen LogP contribution is 2.38. The molecule has 9 heteroatoms. The Labute approximate surface area is 182 Å². The Bertz CT molecular complexity index is 1020. The highest BCUT2D eigenvalue weighted by Gasteiger charge is 2.34. The van der Waals surface area contributed by atoms with Crippen molar-refractivity contribution in [1.82, 2.24) is 0 Å². The molecule has 0 unspecified atom stereocenters. The lowest BCUT2D eigenvalue weighted by atomic mass is 10.1. The maximum atomic E-state index is 14.1. The first-order valence-electron chi connectivity index (χ1n) is 8.93.